The van der Waals surface area contributed by atoms with Crippen molar-refractivity contribution >= 4 is 7.37 Å². The van der Waals surface area contributed by atoms with Crippen LogP contribution in [0.4, 0.5) is 4.39 Å². The minimum Gasteiger partial charge on any atom is -0.489 e. The average molecular weight is 543 g/mol. The average Bonchev–Trinajstić information content (AvgIpc) is 2.85. The van der Waals surface area contributed by atoms with E-state index in [-0.39, 0.29) is 12.1 Å². The van der Waals surface area contributed by atoms with Gasteiger partial charge in [0.05, 0.1) is 13.3 Å². The molecule has 0 aliphatic rings. The van der Waals surface area contributed by atoms with E-state index >= 15 is 0 Å². The highest BCUT2D eigenvalue weighted by Crippen LogP contribution is 2.41. The van der Waals surface area contributed by atoms with Gasteiger partial charge in [-0.3, -0.25) is 9.46 Å². The van der Waals surface area contributed by atoms with Crippen LogP contribution >= 0.6 is 7.37 Å². The van der Waals surface area contributed by atoms with Gasteiger partial charge in [0.2, 0.25) is 5.88 Å². The Morgan fingerprint density at radius 2 is 1.74 bits per heavy atom. The lowest BCUT2D eigenvalue weighted by Gasteiger charge is -2.31. The molecular weight excluding hydrogens is 502 g/mol. The third-order valence-corrected chi connectivity index (χ3v) is 7.85. The summed E-state index contributed by atoms with van der Waals surface area (Å²) in [6.07, 6.45) is 1.42. The first-order valence-electron chi connectivity index (χ1n) is 13.0. The number of benzene rings is 2. The third-order valence-electron chi connectivity index (χ3n) is 6.62. The van der Waals surface area contributed by atoms with Gasteiger partial charge < -0.3 is 14.4 Å². The highest BCUT2D eigenvalue weighted by molar-refractivity contribution is 7.57. The van der Waals surface area contributed by atoms with Gasteiger partial charge in [0, 0.05) is 43.1 Å². The number of rotatable bonds is 12. The normalized spacial score (nSPS) is 14.1. The van der Waals surface area contributed by atoms with Gasteiger partial charge in [-0.2, -0.15) is 0 Å². The van der Waals surface area contributed by atoms with E-state index in [0.717, 1.165) is 22.3 Å². The zero-order valence-corrected chi connectivity index (χ0v) is 24.3. The van der Waals surface area contributed by atoms with E-state index in [4.69, 9.17) is 9.47 Å². The van der Waals surface area contributed by atoms with Crippen LogP contribution in [0.25, 0.3) is 11.1 Å². The van der Waals surface area contributed by atoms with E-state index in [9.17, 15) is 13.8 Å². The van der Waals surface area contributed by atoms with Crippen LogP contribution in [0.15, 0.2) is 54.7 Å². The van der Waals surface area contributed by atoms with E-state index in [2.05, 4.69) is 43.6 Å². The summed E-state index contributed by atoms with van der Waals surface area (Å²) in [6.45, 7) is 12.9. The Balaban J connectivity index is 1.91. The number of nitrogens with zero attached hydrogens (tertiary/aromatic N) is 2. The van der Waals surface area contributed by atoms with Gasteiger partial charge in [-0.25, -0.2) is 9.37 Å². The van der Waals surface area contributed by atoms with Gasteiger partial charge >= 0.3 is 0 Å². The topological polar surface area (TPSA) is 71.9 Å². The van der Waals surface area contributed by atoms with Crippen molar-refractivity contribution in [1.82, 2.24) is 9.88 Å². The molecule has 3 aromatic rings. The van der Waals surface area contributed by atoms with Crippen molar-refractivity contribution in [2.75, 3.05) is 19.9 Å². The van der Waals surface area contributed by atoms with Gasteiger partial charge in [-0.05, 0) is 68.0 Å². The van der Waals surface area contributed by atoms with E-state index < -0.39 is 13.2 Å². The molecule has 0 fully saturated rings. The molecule has 0 radical (unpaired) electrons. The molecular formula is C30H40FN2O4P. The summed E-state index contributed by atoms with van der Waals surface area (Å²) in [5.74, 6) is 0.594. The Bertz CT molecular complexity index is 1270. The highest BCUT2D eigenvalue weighted by atomic mass is 31.2. The standard InChI is InChI=1S/C30H40FN2O4P/c1-20(2)33(21(3)4)17-25-13-23(11-12-27(25)28-15-30(36-6)32-16-29(28)31)18-37-26-10-8-9-24(14-26)22(5)19-38(7,34)35/h8-16,20-22H,17-19H2,1-7H3,(H,34,35)/t22-/m0/s1. The molecule has 206 valence electrons. The molecule has 0 saturated heterocycles. The smallest absolute Gasteiger partial charge is 0.213 e. The Morgan fingerprint density at radius 1 is 1.03 bits per heavy atom. The largest absolute Gasteiger partial charge is 0.489 e. The molecule has 0 bridgehead atoms. The van der Waals surface area contributed by atoms with Crippen LogP contribution in [0.2, 0.25) is 0 Å². The van der Waals surface area contributed by atoms with Crippen LogP contribution in [0.1, 0.15) is 57.2 Å². The third kappa shape index (κ3) is 8.13. The molecule has 1 N–H and O–H groups in total. The van der Waals surface area contributed by atoms with Crippen molar-refractivity contribution in [2.24, 2.45) is 0 Å². The first-order chi connectivity index (χ1) is 17.9. The molecule has 0 aliphatic heterocycles. The highest BCUT2D eigenvalue weighted by Gasteiger charge is 2.20. The first kappa shape index (κ1) is 29.8. The summed E-state index contributed by atoms with van der Waals surface area (Å²) in [5, 5.41) is 0. The maximum absolute atomic E-state index is 14.9. The zero-order chi connectivity index (χ0) is 28.0. The van der Waals surface area contributed by atoms with E-state index in [0.29, 0.717) is 42.4 Å². The van der Waals surface area contributed by atoms with Gasteiger partial charge in [-0.1, -0.05) is 37.3 Å². The van der Waals surface area contributed by atoms with Gasteiger partial charge in [0.15, 0.2) is 7.37 Å². The van der Waals surface area contributed by atoms with Crippen molar-refractivity contribution in [1.29, 1.82) is 0 Å². The van der Waals surface area contributed by atoms with E-state index in [1.807, 2.05) is 43.3 Å². The Hall–Kier alpha value is -2.73. The van der Waals surface area contributed by atoms with Crippen LogP contribution in [-0.2, 0) is 17.7 Å². The van der Waals surface area contributed by atoms with Crippen molar-refractivity contribution in [2.45, 2.75) is 65.8 Å². The molecule has 0 amide bonds. The predicted octanol–water partition coefficient (Wildman–Crippen LogP) is 7.10. The second-order valence-electron chi connectivity index (χ2n) is 10.6. The van der Waals surface area contributed by atoms with Gasteiger partial charge in [0.25, 0.3) is 0 Å². The molecule has 8 heteroatoms. The molecule has 2 atom stereocenters. The minimum atomic E-state index is -3.12. The number of pyridine rings is 1. The fourth-order valence-electron chi connectivity index (χ4n) is 4.72. The second-order valence-corrected chi connectivity index (χ2v) is 13.0. The summed E-state index contributed by atoms with van der Waals surface area (Å²) < 4.78 is 38.2. The summed E-state index contributed by atoms with van der Waals surface area (Å²) in [4.78, 5) is 16.1. The SMILES string of the molecule is COc1cc(-c2ccc(COc3cccc([C@@H](C)CP(C)(=O)O)c3)cc2CN(C(C)C)C(C)C)c(F)cn1. The number of hydrogen-bond donors (Lipinski definition) is 1. The van der Waals surface area contributed by atoms with Crippen molar-refractivity contribution in [3.05, 3.63) is 77.2 Å². The molecule has 0 aliphatic carbocycles. The van der Waals surface area contributed by atoms with E-state index in [1.54, 1.807) is 6.07 Å². The summed E-state index contributed by atoms with van der Waals surface area (Å²) >= 11 is 0. The molecule has 0 spiro atoms. The maximum atomic E-state index is 14.9. The molecule has 1 heterocycles. The summed E-state index contributed by atoms with van der Waals surface area (Å²) in [7, 11) is -1.60. The number of hydrogen-bond acceptors (Lipinski definition) is 5. The van der Waals surface area contributed by atoms with Crippen molar-refractivity contribution < 1.29 is 23.3 Å². The quantitative estimate of drug-likeness (QED) is 0.246. The second kappa shape index (κ2) is 12.9. The lowest BCUT2D eigenvalue weighted by Crippen LogP contribution is -2.36. The Labute approximate surface area is 226 Å². The van der Waals surface area contributed by atoms with Crippen LogP contribution in [-0.4, -0.2) is 46.8 Å². The Kier molecular flexibility index (Phi) is 10.1. The maximum Gasteiger partial charge on any atom is 0.213 e. The van der Waals surface area contributed by atoms with E-state index in [1.165, 1.54) is 20.0 Å². The number of halogens is 1. The van der Waals surface area contributed by atoms with Crippen molar-refractivity contribution in [3.8, 4) is 22.8 Å². The number of aromatic nitrogens is 1. The van der Waals surface area contributed by atoms with Crippen molar-refractivity contribution in [3.63, 3.8) is 0 Å². The summed E-state index contributed by atoms with van der Waals surface area (Å²) in [6, 6.07) is 15.9. The van der Waals surface area contributed by atoms with Crippen LogP contribution < -0.4 is 9.47 Å². The molecule has 1 unspecified atom stereocenters. The molecule has 2 aromatic carbocycles. The van der Waals surface area contributed by atoms with Crippen LogP contribution in [0.3, 0.4) is 0 Å². The lowest BCUT2D eigenvalue weighted by molar-refractivity contribution is 0.166. The van der Waals surface area contributed by atoms with Crippen LogP contribution in [0, 0.1) is 5.82 Å². The monoisotopic (exact) mass is 542 g/mol. The minimum absolute atomic E-state index is 0.0597. The van der Waals surface area contributed by atoms with Gasteiger partial charge in [0.1, 0.15) is 18.2 Å². The fourth-order valence-corrected chi connectivity index (χ4v) is 5.94. The van der Waals surface area contributed by atoms with Gasteiger partial charge in [-0.15, -0.1) is 0 Å². The Morgan fingerprint density at radius 3 is 2.37 bits per heavy atom. The fraction of sp³-hybridized carbons (Fsp3) is 0.433. The number of methoxy groups -OCH3 is 1. The molecule has 3 rings (SSSR count). The first-order valence-corrected chi connectivity index (χ1v) is 15.3. The number of ether oxygens (including phenoxy) is 2. The zero-order valence-electron chi connectivity index (χ0n) is 23.4. The predicted molar refractivity (Wildman–Crippen MR) is 152 cm³/mol. The molecule has 0 saturated carbocycles. The molecule has 6 nitrogen and oxygen atoms in total. The molecule has 38 heavy (non-hydrogen) atoms. The summed E-state index contributed by atoms with van der Waals surface area (Å²) in [5.41, 5.74) is 4.16. The van der Waals surface area contributed by atoms with Crippen LogP contribution in [0.5, 0.6) is 11.6 Å². The lowest BCUT2D eigenvalue weighted by atomic mass is 9.96. The molecule has 1 aromatic heterocycles.